The van der Waals surface area contributed by atoms with Gasteiger partial charge in [0.2, 0.25) is 0 Å². The number of nitrogens with one attached hydrogen (secondary N) is 1. The first-order valence-electron chi connectivity index (χ1n) is 7.91. The first-order chi connectivity index (χ1) is 9.54. The number of fused-ring (bicyclic) bond motifs is 1. The molecule has 0 atom stereocenters. The third-order valence-electron chi connectivity index (χ3n) is 3.68. The molecule has 0 unspecified atom stereocenters. The Kier molecular flexibility index (Phi) is 5.22. The van der Waals surface area contributed by atoms with Crippen LogP contribution in [0.1, 0.15) is 57.7 Å². The van der Waals surface area contributed by atoms with Crippen LogP contribution in [-0.4, -0.2) is 29.3 Å². The molecule has 4 heteroatoms. The molecule has 2 rings (SSSR count). The van der Waals surface area contributed by atoms with E-state index in [1.807, 2.05) is 0 Å². The third-order valence-corrected chi connectivity index (χ3v) is 3.68. The molecule has 4 nitrogen and oxygen atoms in total. The molecule has 0 spiro atoms. The number of imidazole rings is 1. The molecule has 0 fully saturated rings. The molecule has 1 N–H and O–H groups in total. The maximum Gasteiger partial charge on any atom is 0.114 e. The van der Waals surface area contributed by atoms with E-state index in [1.54, 1.807) is 0 Å². The lowest BCUT2D eigenvalue weighted by molar-refractivity contribution is 0.129. The monoisotopic (exact) mass is 279 g/mol. The zero-order valence-corrected chi connectivity index (χ0v) is 13.5. The summed E-state index contributed by atoms with van der Waals surface area (Å²) in [5.41, 5.74) is 2.78. The number of rotatable bonds is 6. The van der Waals surface area contributed by atoms with E-state index >= 15 is 0 Å². The first-order valence-corrected chi connectivity index (χ1v) is 7.91. The summed E-state index contributed by atoms with van der Waals surface area (Å²) >= 11 is 0. The van der Waals surface area contributed by atoms with Gasteiger partial charge < -0.3 is 14.6 Å². The van der Waals surface area contributed by atoms with E-state index in [-0.39, 0.29) is 5.41 Å². The highest BCUT2D eigenvalue weighted by atomic mass is 16.5. The van der Waals surface area contributed by atoms with Gasteiger partial charge in [-0.25, -0.2) is 4.98 Å². The molecule has 1 aliphatic rings. The van der Waals surface area contributed by atoms with Crippen LogP contribution in [0, 0.1) is 0 Å². The van der Waals surface area contributed by atoms with Crippen LogP contribution in [0.2, 0.25) is 0 Å². The van der Waals surface area contributed by atoms with Gasteiger partial charge in [-0.1, -0.05) is 27.7 Å². The number of aromatic nitrogens is 2. The number of ether oxygens (including phenoxy) is 1. The molecule has 1 aromatic heterocycles. The second-order valence-corrected chi connectivity index (χ2v) is 6.62. The summed E-state index contributed by atoms with van der Waals surface area (Å²) in [5.74, 6) is 1.22. The van der Waals surface area contributed by atoms with E-state index in [1.165, 1.54) is 17.2 Å². The number of nitrogens with zero attached hydrogens (tertiary/aromatic N) is 2. The fourth-order valence-electron chi connectivity index (χ4n) is 2.76. The van der Waals surface area contributed by atoms with Gasteiger partial charge in [0.05, 0.1) is 5.69 Å². The van der Waals surface area contributed by atoms with Crippen LogP contribution in [0.15, 0.2) is 0 Å². The third kappa shape index (κ3) is 3.61. The van der Waals surface area contributed by atoms with Crippen molar-refractivity contribution >= 4 is 0 Å². The van der Waals surface area contributed by atoms with Crippen LogP contribution in [-0.2, 0) is 29.7 Å². The van der Waals surface area contributed by atoms with Crippen molar-refractivity contribution in [1.82, 2.24) is 14.9 Å². The van der Waals surface area contributed by atoms with E-state index in [4.69, 9.17) is 9.72 Å². The smallest absolute Gasteiger partial charge is 0.114 e. The van der Waals surface area contributed by atoms with Crippen molar-refractivity contribution < 1.29 is 4.74 Å². The Labute approximate surface area is 122 Å². The summed E-state index contributed by atoms with van der Waals surface area (Å²) in [4.78, 5) is 4.90. The Balaban J connectivity index is 2.10. The molecule has 0 aliphatic carbocycles. The fraction of sp³-hybridized carbons (Fsp3) is 0.812. The van der Waals surface area contributed by atoms with E-state index in [2.05, 4.69) is 37.6 Å². The summed E-state index contributed by atoms with van der Waals surface area (Å²) in [5, 5.41) is 3.42. The zero-order chi connectivity index (χ0) is 14.6. The molecule has 1 aromatic rings. The van der Waals surface area contributed by atoms with Crippen molar-refractivity contribution in [2.24, 2.45) is 0 Å². The van der Waals surface area contributed by atoms with Crippen LogP contribution >= 0.6 is 0 Å². The highest BCUT2D eigenvalue weighted by Crippen LogP contribution is 2.26. The van der Waals surface area contributed by atoms with Crippen LogP contribution in [0.5, 0.6) is 0 Å². The van der Waals surface area contributed by atoms with E-state index < -0.39 is 0 Å². The van der Waals surface area contributed by atoms with Crippen LogP contribution in [0.25, 0.3) is 0 Å². The number of hydrogen-bond acceptors (Lipinski definition) is 3. The molecular weight excluding hydrogens is 250 g/mol. The van der Waals surface area contributed by atoms with Gasteiger partial charge in [0, 0.05) is 50.4 Å². The Bertz CT molecular complexity index is 432. The van der Waals surface area contributed by atoms with Crippen molar-refractivity contribution in [2.45, 2.75) is 65.5 Å². The highest BCUT2D eigenvalue weighted by Gasteiger charge is 2.26. The summed E-state index contributed by atoms with van der Waals surface area (Å²) < 4.78 is 8.05. The second-order valence-electron chi connectivity index (χ2n) is 6.62. The largest absolute Gasteiger partial charge is 0.381 e. The Morgan fingerprint density at radius 1 is 1.30 bits per heavy atom. The molecule has 2 heterocycles. The summed E-state index contributed by atoms with van der Waals surface area (Å²) in [6.45, 7) is 13.6. The van der Waals surface area contributed by atoms with E-state index in [9.17, 15) is 0 Å². The number of hydrogen-bond donors (Lipinski definition) is 1. The minimum absolute atomic E-state index is 0.0988. The highest BCUT2D eigenvalue weighted by molar-refractivity contribution is 5.23. The Morgan fingerprint density at radius 3 is 2.80 bits per heavy atom. The van der Waals surface area contributed by atoms with Crippen molar-refractivity contribution in [3.8, 4) is 0 Å². The predicted octanol–water partition coefficient (Wildman–Crippen LogP) is 2.64. The van der Waals surface area contributed by atoms with Gasteiger partial charge in [-0.3, -0.25) is 0 Å². The Hall–Kier alpha value is -0.870. The molecule has 20 heavy (non-hydrogen) atoms. The zero-order valence-electron chi connectivity index (χ0n) is 13.5. The van der Waals surface area contributed by atoms with Crippen molar-refractivity contribution in [1.29, 1.82) is 0 Å². The predicted molar refractivity (Wildman–Crippen MR) is 82.1 cm³/mol. The van der Waals surface area contributed by atoms with Gasteiger partial charge in [0.25, 0.3) is 0 Å². The van der Waals surface area contributed by atoms with Crippen LogP contribution in [0.3, 0.4) is 0 Å². The topological polar surface area (TPSA) is 39.1 Å². The standard InChI is InChI=1S/C16H29N3O/c1-5-10-20-11-6-9-19-14-7-8-17-12-13(14)18-15(19)16(2,3)4/h17H,5-12H2,1-4H3. The summed E-state index contributed by atoms with van der Waals surface area (Å²) in [6, 6.07) is 0. The molecule has 0 saturated heterocycles. The lowest BCUT2D eigenvalue weighted by Crippen LogP contribution is -2.26. The quantitative estimate of drug-likeness (QED) is 0.814. The lowest BCUT2D eigenvalue weighted by Gasteiger charge is -2.22. The average Bonchev–Trinajstić information content (AvgIpc) is 2.78. The van der Waals surface area contributed by atoms with E-state index in [0.717, 1.165) is 52.1 Å². The molecular formula is C16H29N3O. The van der Waals surface area contributed by atoms with Crippen molar-refractivity contribution in [3.63, 3.8) is 0 Å². The minimum atomic E-state index is 0.0988. The van der Waals surface area contributed by atoms with Crippen LogP contribution in [0.4, 0.5) is 0 Å². The van der Waals surface area contributed by atoms with Gasteiger partial charge >= 0.3 is 0 Å². The molecule has 114 valence electrons. The van der Waals surface area contributed by atoms with Gasteiger partial charge in [0.15, 0.2) is 0 Å². The molecule has 0 amide bonds. The van der Waals surface area contributed by atoms with Gasteiger partial charge in [-0.05, 0) is 12.8 Å². The summed E-state index contributed by atoms with van der Waals surface area (Å²) in [7, 11) is 0. The molecule has 0 saturated carbocycles. The maximum atomic E-state index is 5.60. The average molecular weight is 279 g/mol. The molecule has 0 aromatic carbocycles. The Morgan fingerprint density at radius 2 is 2.10 bits per heavy atom. The SMILES string of the molecule is CCCOCCCn1c(C(C)(C)C)nc2c1CCNC2. The van der Waals surface area contributed by atoms with Gasteiger partial charge in [-0.15, -0.1) is 0 Å². The minimum Gasteiger partial charge on any atom is -0.381 e. The van der Waals surface area contributed by atoms with Crippen molar-refractivity contribution in [3.05, 3.63) is 17.2 Å². The lowest BCUT2D eigenvalue weighted by atomic mass is 9.95. The molecule has 0 radical (unpaired) electrons. The normalized spacial score (nSPS) is 15.4. The second kappa shape index (κ2) is 6.72. The molecule has 0 bridgehead atoms. The van der Waals surface area contributed by atoms with E-state index in [0.29, 0.717) is 0 Å². The van der Waals surface area contributed by atoms with Gasteiger partial charge in [0.1, 0.15) is 5.82 Å². The first kappa shape index (κ1) is 15.5. The molecule has 1 aliphatic heterocycles. The van der Waals surface area contributed by atoms with Gasteiger partial charge in [-0.2, -0.15) is 0 Å². The summed E-state index contributed by atoms with van der Waals surface area (Å²) in [6.07, 6.45) is 3.26. The maximum absolute atomic E-state index is 5.60. The van der Waals surface area contributed by atoms with Crippen molar-refractivity contribution in [2.75, 3.05) is 19.8 Å². The fourth-order valence-corrected chi connectivity index (χ4v) is 2.76. The van der Waals surface area contributed by atoms with Crippen LogP contribution < -0.4 is 5.32 Å².